The van der Waals surface area contributed by atoms with Crippen LogP contribution in [0.4, 0.5) is 0 Å². The quantitative estimate of drug-likeness (QED) is 0.263. The van der Waals surface area contributed by atoms with E-state index in [9.17, 15) is 4.79 Å². The number of carbonyl (C=O) groups is 1. The van der Waals surface area contributed by atoms with Gasteiger partial charge in [-0.15, -0.1) is 0 Å². The average Bonchev–Trinajstić information content (AvgIpc) is 2.16. The van der Waals surface area contributed by atoms with E-state index in [-0.39, 0.29) is 6.61 Å². The van der Waals surface area contributed by atoms with Gasteiger partial charge in [0.2, 0.25) is 0 Å². The Morgan fingerprint density at radius 3 is 2.85 bits per heavy atom. The number of allylic oxidation sites excluding steroid dienone is 1. The highest BCUT2D eigenvalue weighted by Crippen LogP contribution is 1.89. The molecule has 0 saturated carbocycles. The third-order valence-corrected chi connectivity index (χ3v) is 1.26. The predicted octanol–water partition coefficient (Wildman–Crippen LogP) is 2.05. The summed E-state index contributed by atoms with van der Waals surface area (Å²) in [5.74, 6) is -0.416. The molecule has 0 heterocycles. The second-order valence-corrected chi connectivity index (χ2v) is 2.40. The predicted molar refractivity (Wildman–Crippen MR) is 51.2 cm³/mol. The summed E-state index contributed by atoms with van der Waals surface area (Å²) in [5.41, 5.74) is 0. The summed E-state index contributed by atoms with van der Waals surface area (Å²) in [5, 5.41) is 0. The van der Waals surface area contributed by atoms with E-state index in [1.807, 2.05) is 6.08 Å². The molecule has 0 aliphatic carbocycles. The van der Waals surface area contributed by atoms with E-state index >= 15 is 0 Å². The van der Waals surface area contributed by atoms with Crippen molar-refractivity contribution in [2.24, 2.45) is 0 Å². The summed E-state index contributed by atoms with van der Waals surface area (Å²) in [6.45, 7) is 6.02. The van der Waals surface area contributed by atoms with Crippen LogP contribution in [-0.4, -0.2) is 19.2 Å². The minimum absolute atomic E-state index is 0.265. The Morgan fingerprint density at radius 1 is 1.46 bits per heavy atom. The second kappa shape index (κ2) is 8.84. The summed E-state index contributed by atoms with van der Waals surface area (Å²) in [6, 6.07) is 0. The van der Waals surface area contributed by atoms with Crippen molar-refractivity contribution in [3.63, 3.8) is 0 Å². The van der Waals surface area contributed by atoms with Crippen LogP contribution in [0.2, 0.25) is 0 Å². The molecule has 3 heteroatoms. The zero-order valence-electron chi connectivity index (χ0n) is 7.99. The number of rotatable bonds is 7. The summed E-state index contributed by atoms with van der Waals surface area (Å²) < 4.78 is 9.72. The van der Waals surface area contributed by atoms with Gasteiger partial charge in [-0.05, 0) is 12.5 Å². The minimum atomic E-state index is -0.416. The molecule has 0 spiro atoms. The molecule has 0 unspecified atom stereocenters. The maximum Gasteiger partial charge on any atom is 0.330 e. The van der Waals surface area contributed by atoms with Gasteiger partial charge in [0.05, 0.1) is 6.26 Å². The van der Waals surface area contributed by atoms with E-state index in [4.69, 9.17) is 4.74 Å². The third-order valence-electron chi connectivity index (χ3n) is 1.26. The van der Waals surface area contributed by atoms with Crippen molar-refractivity contribution < 1.29 is 14.3 Å². The number of hydrogen-bond donors (Lipinski definition) is 0. The highest BCUT2D eigenvalue weighted by molar-refractivity contribution is 5.81. The van der Waals surface area contributed by atoms with Gasteiger partial charge in [-0.2, -0.15) is 0 Å². The lowest BCUT2D eigenvalue weighted by Gasteiger charge is -2.00. The molecule has 0 aromatic carbocycles. The lowest BCUT2D eigenvalue weighted by Crippen LogP contribution is -2.06. The van der Waals surface area contributed by atoms with E-state index < -0.39 is 5.97 Å². The molecule has 3 nitrogen and oxygen atoms in total. The molecule has 0 radical (unpaired) electrons. The maximum atomic E-state index is 10.5. The van der Waals surface area contributed by atoms with Gasteiger partial charge in [-0.3, -0.25) is 0 Å². The van der Waals surface area contributed by atoms with Crippen LogP contribution in [0.15, 0.2) is 25.0 Å². The zero-order valence-corrected chi connectivity index (χ0v) is 7.99. The summed E-state index contributed by atoms with van der Waals surface area (Å²) in [7, 11) is 0. The molecule has 0 aromatic heterocycles. The van der Waals surface area contributed by atoms with Crippen LogP contribution < -0.4 is 0 Å². The molecule has 0 rings (SSSR count). The Balaban J connectivity index is 3.16. The van der Waals surface area contributed by atoms with E-state index in [1.165, 1.54) is 0 Å². The van der Waals surface area contributed by atoms with Gasteiger partial charge in [0, 0.05) is 6.08 Å². The highest BCUT2D eigenvalue weighted by atomic mass is 16.6. The number of esters is 1. The minimum Gasteiger partial charge on any atom is -0.498 e. The van der Waals surface area contributed by atoms with Gasteiger partial charge >= 0.3 is 5.97 Å². The second-order valence-electron chi connectivity index (χ2n) is 2.40. The van der Waals surface area contributed by atoms with Crippen LogP contribution in [0.1, 0.15) is 19.8 Å². The molecular formula is C10H16O3. The lowest BCUT2D eigenvalue weighted by molar-refractivity contribution is -0.138. The van der Waals surface area contributed by atoms with E-state index in [0.29, 0.717) is 6.61 Å². The van der Waals surface area contributed by atoms with Gasteiger partial charge in [0.25, 0.3) is 0 Å². The van der Waals surface area contributed by atoms with Crippen LogP contribution in [0.5, 0.6) is 0 Å². The monoisotopic (exact) mass is 184 g/mol. The Morgan fingerprint density at radius 2 is 2.23 bits per heavy atom. The highest BCUT2D eigenvalue weighted by Gasteiger charge is 1.92. The van der Waals surface area contributed by atoms with E-state index in [1.54, 1.807) is 6.26 Å². The first-order valence-corrected chi connectivity index (χ1v) is 4.37. The largest absolute Gasteiger partial charge is 0.498 e. The van der Waals surface area contributed by atoms with Gasteiger partial charge in [0.1, 0.15) is 13.2 Å². The number of unbranched alkanes of at least 4 members (excludes halogenated alkanes) is 1. The van der Waals surface area contributed by atoms with Crippen LogP contribution in [0.3, 0.4) is 0 Å². The average molecular weight is 184 g/mol. The number of hydrogen-bond acceptors (Lipinski definition) is 3. The first-order valence-electron chi connectivity index (χ1n) is 4.37. The fraction of sp³-hybridized carbons (Fsp3) is 0.500. The molecule has 0 fully saturated rings. The summed E-state index contributed by atoms with van der Waals surface area (Å²) >= 11 is 0. The molecule has 0 aliphatic rings. The smallest absolute Gasteiger partial charge is 0.330 e. The Hall–Kier alpha value is -1.25. The fourth-order valence-corrected chi connectivity index (χ4v) is 0.620. The normalized spacial score (nSPS) is 9.92. The van der Waals surface area contributed by atoms with Crippen molar-refractivity contribution in [3.8, 4) is 0 Å². The van der Waals surface area contributed by atoms with Crippen molar-refractivity contribution in [1.82, 2.24) is 0 Å². The number of ether oxygens (including phenoxy) is 2. The Labute approximate surface area is 79.0 Å². The van der Waals surface area contributed by atoms with Gasteiger partial charge < -0.3 is 9.47 Å². The van der Waals surface area contributed by atoms with Crippen LogP contribution in [0, 0.1) is 0 Å². The molecular weight excluding hydrogens is 168 g/mol. The van der Waals surface area contributed by atoms with Gasteiger partial charge in [0.15, 0.2) is 0 Å². The Kier molecular flexibility index (Phi) is 7.99. The molecule has 0 atom stereocenters. The van der Waals surface area contributed by atoms with Gasteiger partial charge in [-0.25, -0.2) is 4.79 Å². The third kappa shape index (κ3) is 8.66. The van der Waals surface area contributed by atoms with Crippen molar-refractivity contribution in [2.75, 3.05) is 13.2 Å². The van der Waals surface area contributed by atoms with Crippen LogP contribution >= 0.6 is 0 Å². The van der Waals surface area contributed by atoms with Crippen molar-refractivity contribution in [1.29, 1.82) is 0 Å². The Bertz CT molecular complexity index is 173. The van der Waals surface area contributed by atoms with Crippen molar-refractivity contribution >= 4 is 5.97 Å². The summed E-state index contributed by atoms with van der Waals surface area (Å²) in [4.78, 5) is 10.5. The van der Waals surface area contributed by atoms with Crippen molar-refractivity contribution in [3.05, 3.63) is 25.0 Å². The standard InChI is InChI=1S/C10H16O3/c1-3-5-6-7-12-8-9-13-10(11)4-2/h4,6-7H,2-3,5,8-9H2,1H3. The van der Waals surface area contributed by atoms with Gasteiger partial charge in [-0.1, -0.05) is 19.9 Å². The zero-order chi connectivity index (χ0) is 9.94. The van der Waals surface area contributed by atoms with Crippen LogP contribution in [0.25, 0.3) is 0 Å². The summed E-state index contributed by atoms with van der Waals surface area (Å²) in [6.07, 6.45) is 6.81. The molecule has 0 N–H and O–H groups in total. The molecule has 0 saturated heterocycles. The first kappa shape index (κ1) is 11.8. The fourth-order valence-electron chi connectivity index (χ4n) is 0.620. The lowest BCUT2D eigenvalue weighted by atomic mass is 10.3. The van der Waals surface area contributed by atoms with E-state index in [2.05, 4.69) is 18.2 Å². The number of carbonyl (C=O) groups excluding carboxylic acids is 1. The topological polar surface area (TPSA) is 35.5 Å². The molecule has 0 aliphatic heterocycles. The van der Waals surface area contributed by atoms with E-state index in [0.717, 1.165) is 18.9 Å². The molecule has 0 amide bonds. The van der Waals surface area contributed by atoms with Crippen LogP contribution in [-0.2, 0) is 14.3 Å². The first-order chi connectivity index (χ1) is 6.31. The molecule has 74 valence electrons. The molecule has 13 heavy (non-hydrogen) atoms. The SMILES string of the molecule is C=CC(=O)OCCOC=CCCC. The molecule has 0 aromatic rings. The molecule has 0 bridgehead atoms. The van der Waals surface area contributed by atoms with Crippen molar-refractivity contribution in [2.45, 2.75) is 19.8 Å². The maximum absolute atomic E-state index is 10.5.